The number of ether oxygens (including phenoxy) is 3. The van der Waals surface area contributed by atoms with E-state index in [-0.39, 0.29) is 17.5 Å². The highest BCUT2D eigenvalue weighted by molar-refractivity contribution is 7.10. The Bertz CT molecular complexity index is 1400. The fourth-order valence-corrected chi connectivity index (χ4v) is 5.91. The second-order valence-corrected chi connectivity index (χ2v) is 13.7. The third kappa shape index (κ3) is 24.0. The van der Waals surface area contributed by atoms with E-state index in [1.54, 1.807) is 13.8 Å². The van der Waals surface area contributed by atoms with Crippen molar-refractivity contribution in [1.82, 2.24) is 14.8 Å². The average molecular weight is 768 g/mol. The minimum absolute atomic E-state index is 0.00839. The highest BCUT2D eigenvalue weighted by atomic mass is 32.1. The summed E-state index contributed by atoms with van der Waals surface area (Å²) in [6.45, 7) is 35.1. The number of hydrogen-bond donors (Lipinski definition) is 0. The molecule has 1 amide bonds. The first kappa shape index (κ1) is 52.6. The van der Waals surface area contributed by atoms with Crippen molar-refractivity contribution in [3.05, 3.63) is 64.1 Å². The van der Waals surface area contributed by atoms with Gasteiger partial charge in [0.05, 0.1) is 38.4 Å². The molecule has 0 saturated carbocycles. The highest BCUT2D eigenvalue weighted by Gasteiger charge is 2.41. The van der Waals surface area contributed by atoms with Crippen LogP contribution in [0.3, 0.4) is 0 Å². The zero-order valence-corrected chi connectivity index (χ0v) is 37.0. The summed E-state index contributed by atoms with van der Waals surface area (Å²) in [5.41, 5.74) is 2.10. The summed E-state index contributed by atoms with van der Waals surface area (Å²) in [4.78, 5) is 32.9. The van der Waals surface area contributed by atoms with Crippen molar-refractivity contribution in [2.75, 3.05) is 52.5 Å². The Hall–Kier alpha value is -3.47. The number of benzene rings is 1. The van der Waals surface area contributed by atoms with E-state index in [0.29, 0.717) is 50.0 Å². The van der Waals surface area contributed by atoms with Gasteiger partial charge in [-0.05, 0) is 90.8 Å². The molecule has 3 heterocycles. The molecular weight excluding hydrogens is 695 g/mol. The largest absolute Gasteiger partial charge is 0.460 e. The second kappa shape index (κ2) is 31.8. The molecule has 0 radical (unpaired) electrons. The predicted molar refractivity (Wildman–Crippen MR) is 229 cm³/mol. The van der Waals surface area contributed by atoms with E-state index in [1.807, 2.05) is 97.7 Å². The van der Waals surface area contributed by atoms with Crippen molar-refractivity contribution in [2.24, 2.45) is 0 Å². The third-order valence-electron chi connectivity index (χ3n) is 7.38. The van der Waals surface area contributed by atoms with Crippen LogP contribution < -0.4 is 0 Å². The van der Waals surface area contributed by atoms with Crippen LogP contribution in [-0.4, -0.2) is 90.4 Å². The Labute approximate surface area is 334 Å². The molecular formula is C45H73N3O5S. The van der Waals surface area contributed by atoms with Gasteiger partial charge in [-0.15, -0.1) is 17.3 Å². The van der Waals surface area contributed by atoms with Crippen LogP contribution in [0.15, 0.2) is 47.9 Å². The minimum Gasteiger partial charge on any atom is -0.460 e. The molecule has 0 aliphatic carbocycles. The lowest BCUT2D eigenvalue weighted by molar-refractivity contribution is -0.156. The Morgan fingerprint density at radius 3 is 2.13 bits per heavy atom. The van der Waals surface area contributed by atoms with E-state index in [4.69, 9.17) is 14.2 Å². The molecule has 9 heteroatoms. The number of rotatable bonds is 9. The molecule has 8 nitrogen and oxygen atoms in total. The number of piperidine rings is 1. The van der Waals surface area contributed by atoms with Crippen LogP contribution in [-0.2, 0) is 25.4 Å². The van der Waals surface area contributed by atoms with Gasteiger partial charge in [-0.3, -0.25) is 9.59 Å². The van der Waals surface area contributed by atoms with Crippen LogP contribution in [0.4, 0.5) is 0 Å². The number of carbonyl (C=O) groups is 2. The monoisotopic (exact) mass is 768 g/mol. The molecule has 2 aliphatic rings. The van der Waals surface area contributed by atoms with Gasteiger partial charge in [0.2, 0.25) is 0 Å². The number of thiazole rings is 1. The van der Waals surface area contributed by atoms with Crippen LogP contribution in [0.5, 0.6) is 0 Å². The first-order valence-electron chi connectivity index (χ1n) is 19.9. The molecule has 0 bridgehead atoms. The Morgan fingerprint density at radius 1 is 0.981 bits per heavy atom. The summed E-state index contributed by atoms with van der Waals surface area (Å²) in [6.07, 6.45) is 4.37. The van der Waals surface area contributed by atoms with Gasteiger partial charge < -0.3 is 24.0 Å². The van der Waals surface area contributed by atoms with Crippen LogP contribution in [0.25, 0.3) is 0 Å². The quantitative estimate of drug-likeness (QED) is 0.143. The standard InChI is InChI=1S/C18H25N3O2S.C15H22O3.C6H8.3C2H6/c1-3-5-16-19-15(13-24-16)17(22)21-11-12-23-18(14-21)6-9-20(8-4-2)10-7-18;1-15(2,3)18-14(16)10-12-17-11-9-13-7-5-4-6-8-13;1-4-5-6(2)3;3*1-2/h13H,4,6-12,14H2,1-2H3;4-8H,9-12H2,1-3H3;2H2,1,3H3;3*1-2H3. The van der Waals surface area contributed by atoms with Gasteiger partial charge in [0.15, 0.2) is 5.01 Å². The molecule has 4 rings (SSSR count). The van der Waals surface area contributed by atoms with Crippen LogP contribution >= 0.6 is 11.3 Å². The van der Waals surface area contributed by atoms with E-state index in [9.17, 15) is 9.59 Å². The van der Waals surface area contributed by atoms with Crippen LogP contribution in [0, 0.1) is 23.7 Å². The number of esters is 1. The second-order valence-electron chi connectivity index (χ2n) is 12.9. The molecule has 2 aliphatic heterocycles. The van der Waals surface area contributed by atoms with Crippen molar-refractivity contribution in [1.29, 1.82) is 0 Å². The van der Waals surface area contributed by atoms with Gasteiger partial charge >= 0.3 is 5.97 Å². The summed E-state index contributed by atoms with van der Waals surface area (Å²) in [5.74, 6) is 11.0. The lowest BCUT2D eigenvalue weighted by atomic mass is 9.89. The van der Waals surface area contributed by atoms with Crippen molar-refractivity contribution >= 4 is 23.2 Å². The van der Waals surface area contributed by atoms with Gasteiger partial charge in [-0.2, -0.15) is 0 Å². The minimum atomic E-state index is -0.416. The third-order valence-corrected chi connectivity index (χ3v) is 8.14. The van der Waals surface area contributed by atoms with Gasteiger partial charge in [0.1, 0.15) is 11.3 Å². The summed E-state index contributed by atoms with van der Waals surface area (Å²) >= 11 is 1.43. The zero-order chi connectivity index (χ0) is 41.4. The number of aromatic nitrogens is 1. The van der Waals surface area contributed by atoms with Gasteiger partial charge in [0, 0.05) is 25.0 Å². The first-order valence-corrected chi connectivity index (χ1v) is 20.7. The number of carbonyl (C=O) groups excluding carboxylic acids is 2. The van der Waals surface area contributed by atoms with Crippen LogP contribution in [0.1, 0.15) is 137 Å². The number of likely N-dealkylation sites (tertiary alicyclic amines) is 1. The van der Waals surface area contributed by atoms with Crippen molar-refractivity contribution in [3.8, 4) is 23.7 Å². The normalized spacial score (nSPS) is 13.9. The number of hydrogen-bond acceptors (Lipinski definition) is 8. The summed E-state index contributed by atoms with van der Waals surface area (Å²) in [5, 5.41) is 2.52. The molecule has 0 N–H and O–H groups in total. The molecule has 304 valence electrons. The Morgan fingerprint density at radius 2 is 1.61 bits per heavy atom. The predicted octanol–water partition coefficient (Wildman–Crippen LogP) is 9.87. The number of amides is 1. The van der Waals surface area contributed by atoms with Crippen molar-refractivity contribution < 1.29 is 23.8 Å². The summed E-state index contributed by atoms with van der Waals surface area (Å²) in [7, 11) is 0. The molecule has 1 aromatic heterocycles. The van der Waals surface area contributed by atoms with E-state index in [2.05, 4.69) is 59.2 Å². The average Bonchev–Trinajstić information content (AvgIpc) is 3.64. The molecule has 0 atom stereocenters. The van der Waals surface area contributed by atoms with Gasteiger partial charge in [-0.1, -0.05) is 97.2 Å². The smallest absolute Gasteiger partial charge is 0.308 e. The molecule has 1 spiro atoms. The zero-order valence-electron chi connectivity index (χ0n) is 36.2. The SMILES string of the molecule is C=C(C)C#CC.CC.CC.CC.CC#Cc1nc(C(=O)N2CCOC3(CCN(CCC)CC3)C2)cs1.CC(C)(C)OC(=O)CCOCCc1ccccc1. The van der Waals surface area contributed by atoms with Gasteiger partial charge in [-0.25, -0.2) is 4.98 Å². The molecule has 2 fully saturated rings. The maximum atomic E-state index is 12.8. The maximum absolute atomic E-state index is 12.8. The van der Waals surface area contributed by atoms with Crippen molar-refractivity contribution in [2.45, 2.75) is 133 Å². The Balaban J connectivity index is 0. The molecule has 2 saturated heterocycles. The maximum Gasteiger partial charge on any atom is 0.308 e. The number of nitrogens with zero attached hydrogens (tertiary/aromatic N) is 3. The fourth-order valence-electron chi connectivity index (χ4n) is 5.22. The van der Waals surface area contributed by atoms with E-state index in [0.717, 1.165) is 44.5 Å². The van der Waals surface area contributed by atoms with Crippen LogP contribution in [0.2, 0.25) is 0 Å². The summed E-state index contributed by atoms with van der Waals surface area (Å²) in [6, 6.07) is 10.1. The fraction of sp³-hybridized carbons (Fsp3) is 0.622. The summed E-state index contributed by atoms with van der Waals surface area (Å²) < 4.78 is 16.7. The first-order chi connectivity index (χ1) is 25.9. The molecule has 1 aromatic carbocycles. The Kier molecular flexibility index (Phi) is 31.0. The lowest BCUT2D eigenvalue weighted by Crippen LogP contribution is -2.58. The van der Waals surface area contributed by atoms with Gasteiger partial charge in [0.25, 0.3) is 5.91 Å². The van der Waals surface area contributed by atoms with E-state index in [1.165, 1.54) is 23.3 Å². The number of morpholine rings is 1. The number of allylic oxidation sites excluding steroid dienone is 1. The lowest BCUT2D eigenvalue weighted by Gasteiger charge is -2.47. The van der Waals surface area contributed by atoms with Crippen molar-refractivity contribution in [3.63, 3.8) is 0 Å². The molecule has 54 heavy (non-hydrogen) atoms. The topological polar surface area (TPSA) is 81.2 Å². The molecule has 2 aromatic rings. The van der Waals surface area contributed by atoms with E-state index >= 15 is 0 Å². The highest BCUT2D eigenvalue weighted by Crippen LogP contribution is 2.31. The molecule has 0 unspecified atom stereocenters. The van der Waals surface area contributed by atoms with E-state index < -0.39 is 5.60 Å².